The molecular formula is C22H21N5OS. The van der Waals surface area contributed by atoms with E-state index in [1.165, 1.54) is 0 Å². The minimum absolute atomic E-state index is 0.123. The summed E-state index contributed by atoms with van der Waals surface area (Å²) in [7, 11) is 0. The Kier molecular flexibility index (Phi) is 4.52. The van der Waals surface area contributed by atoms with Crippen molar-refractivity contribution in [1.29, 1.82) is 0 Å². The van der Waals surface area contributed by atoms with E-state index in [0.29, 0.717) is 13.1 Å². The summed E-state index contributed by atoms with van der Waals surface area (Å²) in [5, 5.41) is 1.13. The summed E-state index contributed by atoms with van der Waals surface area (Å²) in [4.78, 5) is 27.1. The zero-order chi connectivity index (χ0) is 19.8. The molecule has 0 radical (unpaired) electrons. The van der Waals surface area contributed by atoms with Crippen molar-refractivity contribution in [1.82, 2.24) is 19.4 Å². The molecule has 1 aliphatic rings. The van der Waals surface area contributed by atoms with Gasteiger partial charge in [-0.3, -0.25) is 4.79 Å². The molecule has 7 heteroatoms. The number of aryl methyl sites for hydroxylation is 1. The first-order valence-corrected chi connectivity index (χ1v) is 10.5. The summed E-state index contributed by atoms with van der Waals surface area (Å²) >= 11 is 1.57. The zero-order valence-electron chi connectivity index (χ0n) is 16.2. The predicted octanol–water partition coefficient (Wildman–Crippen LogP) is 3.75. The maximum absolute atomic E-state index is 13.0. The molecule has 1 saturated heterocycles. The van der Waals surface area contributed by atoms with Crippen molar-refractivity contribution in [2.75, 3.05) is 31.1 Å². The van der Waals surface area contributed by atoms with E-state index in [0.717, 1.165) is 45.5 Å². The molecule has 0 bridgehead atoms. The van der Waals surface area contributed by atoms with Crippen molar-refractivity contribution in [3.63, 3.8) is 0 Å². The van der Waals surface area contributed by atoms with Crippen LogP contribution in [0.15, 0.2) is 60.9 Å². The molecule has 146 valence electrons. The minimum atomic E-state index is 0.123. The first-order chi connectivity index (χ1) is 14.2. The number of piperazine rings is 1. The van der Waals surface area contributed by atoms with Crippen LogP contribution in [0.25, 0.3) is 15.9 Å². The van der Waals surface area contributed by atoms with Crippen molar-refractivity contribution < 1.29 is 4.79 Å². The van der Waals surface area contributed by atoms with Gasteiger partial charge in [-0.05, 0) is 36.6 Å². The second-order valence-electron chi connectivity index (χ2n) is 7.15. The summed E-state index contributed by atoms with van der Waals surface area (Å²) in [6, 6.07) is 16.1. The number of benzene rings is 1. The van der Waals surface area contributed by atoms with Gasteiger partial charge in [0.1, 0.15) is 17.5 Å². The number of carbonyl (C=O) groups is 1. The average Bonchev–Trinajstić information content (AvgIpc) is 3.43. The van der Waals surface area contributed by atoms with Crippen LogP contribution in [0.5, 0.6) is 0 Å². The lowest BCUT2D eigenvalue weighted by molar-refractivity contribution is 0.0751. The number of thiophene rings is 1. The third kappa shape index (κ3) is 3.49. The number of hydrogen-bond donors (Lipinski definition) is 0. The summed E-state index contributed by atoms with van der Waals surface area (Å²) in [6.45, 7) is 4.82. The number of nitrogens with zero attached hydrogens (tertiary/aromatic N) is 5. The number of amides is 1. The third-order valence-electron chi connectivity index (χ3n) is 5.21. The largest absolute Gasteiger partial charge is 0.353 e. The highest BCUT2D eigenvalue weighted by molar-refractivity contribution is 7.20. The monoisotopic (exact) mass is 403 g/mol. The fraction of sp³-hybridized carbons (Fsp3) is 0.227. The second kappa shape index (κ2) is 7.33. The van der Waals surface area contributed by atoms with E-state index in [9.17, 15) is 4.79 Å². The van der Waals surface area contributed by atoms with Crippen LogP contribution in [0.1, 0.15) is 15.5 Å². The van der Waals surface area contributed by atoms with Crippen LogP contribution in [0, 0.1) is 6.92 Å². The van der Waals surface area contributed by atoms with Gasteiger partial charge in [0.25, 0.3) is 5.91 Å². The molecule has 4 aromatic rings. The molecule has 0 atom stereocenters. The number of fused-ring (bicyclic) bond motifs is 1. The molecule has 1 aromatic carbocycles. The van der Waals surface area contributed by atoms with Crippen molar-refractivity contribution in [3.8, 4) is 5.82 Å². The van der Waals surface area contributed by atoms with E-state index < -0.39 is 0 Å². The minimum Gasteiger partial charge on any atom is -0.353 e. The number of carbonyl (C=O) groups excluding carboxylic acids is 1. The highest BCUT2D eigenvalue weighted by Crippen LogP contribution is 2.27. The van der Waals surface area contributed by atoms with Crippen LogP contribution >= 0.6 is 11.3 Å². The summed E-state index contributed by atoms with van der Waals surface area (Å²) in [5.41, 5.74) is 0. The molecule has 29 heavy (non-hydrogen) atoms. The van der Waals surface area contributed by atoms with Gasteiger partial charge in [-0.2, -0.15) is 0 Å². The molecule has 0 aliphatic carbocycles. The predicted molar refractivity (Wildman–Crippen MR) is 116 cm³/mol. The van der Waals surface area contributed by atoms with Crippen molar-refractivity contribution in [3.05, 3.63) is 71.6 Å². The normalized spacial score (nSPS) is 14.5. The lowest BCUT2D eigenvalue weighted by Gasteiger charge is -2.35. The van der Waals surface area contributed by atoms with Gasteiger partial charge >= 0.3 is 0 Å². The van der Waals surface area contributed by atoms with Crippen molar-refractivity contribution in [2.45, 2.75) is 6.92 Å². The Labute approximate surface area is 173 Å². The molecule has 0 N–H and O–H groups in total. The Morgan fingerprint density at radius 1 is 0.931 bits per heavy atom. The van der Waals surface area contributed by atoms with E-state index in [2.05, 4.69) is 27.0 Å². The first-order valence-electron chi connectivity index (χ1n) is 9.69. The van der Waals surface area contributed by atoms with Gasteiger partial charge in [0.2, 0.25) is 0 Å². The lowest BCUT2D eigenvalue weighted by atomic mass is 10.2. The van der Waals surface area contributed by atoms with Crippen LogP contribution in [0.2, 0.25) is 0 Å². The standard InChI is InChI=1S/C22H21N5OS/c1-16-23-20(25-8-4-5-9-25)15-21(24-16)26-10-12-27(13-11-26)22(28)19-14-17-6-2-3-7-18(17)29-19/h2-9,14-15H,10-13H2,1H3. The van der Waals surface area contributed by atoms with Gasteiger partial charge in [0.15, 0.2) is 0 Å². The Hall–Kier alpha value is -3.19. The van der Waals surface area contributed by atoms with Crippen molar-refractivity contribution in [2.24, 2.45) is 0 Å². The van der Waals surface area contributed by atoms with E-state index in [1.54, 1.807) is 11.3 Å². The molecule has 1 amide bonds. The molecule has 4 heterocycles. The van der Waals surface area contributed by atoms with E-state index >= 15 is 0 Å². The van der Waals surface area contributed by atoms with Crippen LogP contribution < -0.4 is 4.90 Å². The highest BCUT2D eigenvalue weighted by Gasteiger charge is 2.24. The van der Waals surface area contributed by atoms with Crippen LogP contribution in [-0.2, 0) is 0 Å². The lowest BCUT2D eigenvalue weighted by Crippen LogP contribution is -2.49. The van der Waals surface area contributed by atoms with Gasteiger partial charge in [0, 0.05) is 49.3 Å². The topological polar surface area (TPSA) is 54.3 Å². The van der Waals surface area contributed by atoms with Gasteiger partial charge in [-0.1, -0.05) is 18.2 Å². The average molecular weight is 404 g/mol. The van der Waals surface area contributed by atoms with E-state index in [1.807, 2.05) is 65.2 Å². The Morgan fingerprint density at radius 3 is 2.41 bits per heavy atom. The van der Waals surface area contributed by atoms with Crippen LogP contribution in [0.4, 0.5) is 5.82 Å². The maximum atomic E-state index is 13.0. The number of aromatic nitrogens is 3. The highest BCUT2D eigenvalue weighted by atomic mass is 32.1. The number of hydrogen-bond acceptors (Lipinski definition) is 5. The molecule has 0 unspecified atom stereocenters. The Morgan fingerprint density at radius 2 is 1.66 bits per heavy atom. The van der Waals surface area contributed by atoms with E-state index in [4.69, 9.17) is 0 Å². The molecular weight excluding hydrogens is 382 g/mol. The van der Waals surface area contributed by atoms with Crippen molar-refractivity contribution >= 4 is 33.1 Å². The summed E-state index contributed by atoms with van der Waals surface area (Å²) in [6.07, 6.45) is 3.96. The van der Waals surface area contributed by atoms with Gasteiger partial charge < -0.3 is 14.4 Å². The second-order valence-corrected chi connectivity index (χ2v) is 8.23. The van der Waals surface area contributed by atoms with Gasteiger partial charge in [-0.25, -0.2) is 9.97 Å². The SMILES string of the molecule is Cc1nc(N2CCN(C(=O)c3cc4ccccc4s3)CC2)cc(-n2cccc2)n1. The van der Waals surface area contributed by atoms with Gasteiger partial charge in [0.05, 0.1) is 4.88 Å². The molecule has 0 spiro atoms. The Balaban J connectivity index is 1.31. The molecule has 6 nitrogen and oxygen atoms in total. The van der Waals surface area contributed by atoms with E-state index in [-0.39, 0.29) is 5.91 Å². The fourth-order valence-corrected chi connectivity index (χ4v) is 4.73. The number of anilines is 1. The van der Waals surface area contributed by atoms with Crippen LogP contribution in [0.3, 0.4) is 0 Å². The smallest absolute Gasteiger partial charge is 0.264 e. The zero-order valence-corrected chi connectivity index (χ0v) is 17.0. The third-order valence-corrected chi connectivity index (χ3v) is 6.31. The quantitative estimate of drug-likeness (QED) is 0.523. The maximum Gasteiger partial charge on any atom is 0.264 e. The Bertz CT molecular complexity index is 1130. The molecule has 1 fully saturated rings. The first kappa shape index (κ1) is 17.9. The van der Waals surface area contributed by atoms with Gasteiger partial charge in [-0.15, -0.1) is 11.3 Å². The van der Waals surface area contributed by atoms with Crippen LogP contribution in [-0.4, -0.2) is 51.5 Å². The molecule has 5 rings (SSSR count). The molecule has 0 saturated carbocycles. The summed E-state index contributed by atoms with van der Waals surface area (Å²) in [5.74, 6) is 2.64. The number of rotatable bonds is 3. The summed E-state index contributed by atoms with van der Waals surface area (Å²) < 4.78 is 3.14. The molecule has 3 aromatic heterocycles. The molecule has 1 aliphatic heterocycles. The fourth-order valence-electron chi connectivity index (χ4n) is 3.70.